The molecule has 0 aromatic carbocycles. The lowest BCUT2D eigenvalue weighted by atomic mass is 10.1. The molecule has 0 saturated carbocycles. The molecule has 3 N–H and O–H groups in total. The third kappa shape index (κ3) is 4.18. The maximum absolute atomic E-state index is 12.8. The molecule has 0 fully saturated rings. The van der Waals surface area contributed by atoms with Gasteiger partial charge in [-0.3, -0.25) is 9.78 Å². The number of pyridine rings is 2. The number of rotatable bonds is 5. The number of H-pyrrole nitrogens is 1. The molecule has 0 aliphatic heterocycles. The van der Waals surface area contributed by atoms with Gasteiger partial charge >= 0.3 is 6.18 Å². The Bertz CT molecular complexity index is 1460. The second kappa shape index (κ2) is 7.89. The van der Waals surface area contributed by atoms with Crippen molar-refractivity contribution in [1.82, 2.24) is 29.5 Å². The molecule has 0 bridgehead atoms. The Kier molecular flexibility index (Phi) is 4.89. The molecule has 5 heterocycles. The van der Waals surface area contributed by atoms with E-state index in [0.29, 0.717) is 27.8 Å². The molecule has 0 aliphatic carbocycles. The van der Waals surface area contributed by atoms with E-state index >= 15 is 0 Å². The lowest BCUT2D eigenvalue weighted by Crippen LogP contribution is -2.22. The van der Waals surface area contributed by atoms with Crippen LogP contribution in [0.1, 0.15) is 10.4 Å². The number of fused-ring (bicyclic) bond motifs is 2. The Labute approximate surface area is 183 Å². The van der Waals surface area contributed by atoms with Gasteiger partial charge in [0.2, 0.25) is 5.95 Å². The fraction of sp³-hybridized carbons (Fsp3) is 0.0952. The smallest absolute Gasteiger partial charge is 0.345 e. The molecule has 166 valence electrons. The molecule has 5 aromatic heterocycles. The van der Waals surface area contributed by atoms with Gasteiger partial charge in [-0.05, 0) is 29.8 Å². The first kappa shape index (κ1) is 20.4. The molecule has 0 aliphatic rings. The second-order valence-corrected chi connectivity index (χ2v) is 7.13. The van der Waals surface area contributed by atoms with E-state index in [2.05, 4.69) is 35.7 Å². The molecule has 0 saturated heterocycles. The summed E-state index contributed by atoms with van der Waals surface area (Å²) in [4.78, 5) is 27.8. The van der Waals surface area contributed by atoms with Crippen molar-refractivity contribution < 1.29 is 18.0 Å². The number of carbonyl (C=O) groups excluding carboxylic acids is 1. The van der Waals surface area contributed by atoms with Crippen LogP contribution >= 0.6 is 0 Å². The number of aromatic amines is 1. The SMILES string of the molecule is O=C(Nc1cccnc1)c1cnn2ccc(-c3c[nH]c4nc(NCC(F)(F)F)ncc34)cc12. The first-order valence-electron chi connectivity index (χ1n) is 9.71. The van der Waals surface area contributed by atoms with E-state index in [1.54, 1.807) is 53.6 Å². The number of hydrogen-bond acceptors (Lipinski definition) is 6. The molecular weight excluding hydrogens is 437 g/mol. The molecule has 5 aromatic rings. The summed E-state index contributed by atoms with van der Waals surface area (Å²) in [6.07, 6.45) is 5.09. The number of nitrogens with one attached hydrogen (secondary N) is 3. The zero-order valence-electron chi connectivity index (χ0n) is 16.8. The van der Waals surface area contributed by atoms with Crippen molar-refractivity contribution in [3.63, 3.8) is 0 Å². The summed E-state index contributed by atoms with van der Waals surface area (Å²) in [5.74, 6) is -0.466. The van der Waals surface area contributed by atoms with Crippen LogP contribution in [-0.4, -0.2) is 48.2 Å². The predicted octanol–water partition coefficient (Wildman–Crippen LogP) is 3.89. The number of amides is 1. The summed E-state index contributed by atoms with van der Waals surface area (Å²) in [5, 5.41) is 9.79. The first-order valence-corrected chi connectivity index (χ1v) is 9.71. The number of halogens is 3. The quantitative estimate of drug-likeness (QED) is 0.373. The Balaban J connectivity index is 1.46. The fourth-order valence-electron chi connectivity index (χ4n) is 3.37. The van der Waals surface area contributed by atoms with Crippen LogP contribution in [0.4, 0.5) is 24.8 Å². The molecular formula is C21H15F3N8O. The first-order chi connectivity index (χ1) is 15.9. The largest absolute Gasteiger partial charge is 0.405 e. The molecule has 12 heteroatoms. The van der Waals surface area contributed by atoms with Crippen molar-refractivity contribution in [3.05, 3.63) is 67.0 Å². The summed E-state index contributed by atoms with van der Waals surface area (Å²) in [6, 6.07) is 7.05. The van der Waals surface area contributed by atoms with Crippen LogP contribution in [0, 0.1) is 0 Å². The Morgan fingerprint density at radius 2 is 2.06 bits per heavy atom. The van der Waals surface area contributed by atoms with E-state index in [-0.39, 0.29) is 11.9 Å². The number of aromatic nitrogens is 6. The van der Waals surface area contributed by atoms with Gasteiger partial charge in [-0.2, -0.15) is 23.3 Å². The van der Waals surface area contributed by atoms with E-state index in [9.17, 15) is 18.0 Å². The van der Waals surface area contributed by atoms with Crippen LogP contribution in [0.25, 0.3) is 27.7 Å². The maximum atomic E-state index is 12.8. The number of alkyl halides is 3. The van der Waals surface area contributed by atoms with Gasteiger partial charge in [0.15, 0.2) is 0 Å². The van der Waals surface area contributed by atoms with Crippen LogP contribution in [-0.2, 0) is 0 Å². The van der Waals surface area contributed by atoms with Crippen LogP contribution in [0.2, 0.25) is 0 Å². The van der Waals surface area contributed by atoms with Gasteiger partial charge in [-0.15, -0.1) is 0 Å². The Morgan fingerprint density at radius 1 is 1.18 bits per heavy atom. The van der Waals surface area contributed by atoms with Gasteiger partial charge in [0.1, 0.15) is 12.2 Å². The maximum Gasteiger partial charge on any atom is 0.405 e. The van der Waals surface area contributed by atoms with Crippen molar-refractivity contribution in [1.29, 1.82) is 0 Å². The molecule has 0 unspecified atom stereocenters. The van der Waals surface area contributed by atoms with Crippen molar-refractivity contribution >= 4 is 34.1 Å². The Hall–Kier alpha value is -4.48. The van der Waals surface area contributed by atoms with Gasteiger partial charge in [-0.25, -0.2) is 9.50 Å². The predicted molar refractivity (Wildman–Crippen MR) is 115 cm³/mol. The highest BCUT2D eigenvalue weighted by molar-refractivity contribution is 6.09. The molecule has 0 atom stereocenters. The second-order valence-electron chi connectivity index (χ2n) is 7.13. The minimum absolute atomic E-state index is 0.131. The number of hydrogen-bond donors (Lipinski definition) is 3. The summed E-state index contributed by atoms with van der Waals surface area (Å²) >= 11 is 0. The molecule has 33 heavy (non-hydrogen) atoms. The highest BCUT2D eigenvalue weighted by Gasteiger charge is 2.27. The number of anilines is 2. The summed E-state index contributed by atoms with van der Waals surface area (Å²) in [6.45, 7) is -1.23. The van der Waals surface area contributed by atoms with Crippen molar-refractivity contribution in [2.75, 3.05) is 17.2 Å². The van der Waals surface area contributed by atoms with Gasteiger partial charge in [0, 0.05) is 35.7 Å². The monoisotopic (exact) mass is 452 g/mol. The van der Waals surface area contributed by atoms with Crippen LogP contribution in [0.3, 0.4) is 0 Å². The van der Waals surface area contributed by atoms with Gasteiger partial charge < -0.3 is 15.6 Å². The standard InChI is InChI=1S/C21H15F3N8O/c22-21(23,24)11-28-20-27-9-15-14(8-26-18(15)31-20)12-3-5-32-17(6-12)16(10-29-32)19(33)30-13-2-1-4-25-7-13/h1-10H,11H2,(H,30,33)(H2,26,27,28,31). The zero-order chi connectivity index (χ0) is 23.0. The van der Waals surface area contributed by atoms with Crippen LogP contribution in [0.15, 0.2) is 61.4 Å². The van der Waals surface area contributed by atoms with Crippen molar-refractivity contribution in [2.45, 2.75) is 6.18 Å². The lowest BCUT2D eigenvalue weighted by molar-refractivity contribution is -0.115. The third-order valence-corrected chi connectivity index (χ3v) is 4.88. The van der Waals surface area contributed by atoms with E-state index < -0.39 is 12.7 Å². The van der Waals surface area contributed by atoms with Gasteiger partial charge in [0.25, 0.3) is 5.91 Å². The van der Waals surface area contributed by atoms with Crippen molar-refractivity contribution in [2.24, 2.45) is 0 Å². The van der Waals surface area contributed by atoms with Crippen molar-refractivity contribution in [3.8, 4) is 11.1 Å². The minimum Gasteiger partial charge on any atom is -0.345 e. The third-order valence-electron chi connectivity index (χ3n) is 4.88. The van der Waals surface area contributed by atoms with E-state index in [0.717, 1.165) is 11.1 Å². The number of carbonyl (C=O) groups is 1. The van der Waals surface area contributed by atoms with E-state index in [1.807, 2.05) is 0 Å². The van der Waals surface area contributed by atoms with Gasteiger partial charge in [0.05, 0.1) is 29.2 Å². The van der Waals surface area contributed by atoms with Crippen LogP contribution < -0.4 is 10.6 Å². The highest BCUT2D eigenvalue weighted by Crippen LogP contribution is 2.29. The fourth-order valence-corrected chi connectivity index (χ4v) is 3.37. The molecule has 9 nitrogen and oxygen atoms in total. The van der Waals surface area contributed by atoms with Gasteiger partial charge in [-0.1, -0.05) is 0 Å². The zero-order valence-corrected chi connectivity index (χ0v) is 16.8. The molecule has 0 spiro atoms. The highest BCUT2D eigenvalue weighted by atomic mass is 19.4. The average Bonchev–Trinajstić information content (AvgIpc) is 3.41. The Morgan fingerprint density at radius 3 is 2.85 bits per heavy atom. The summed E-state index contributed by atoms with van der Waals surface area (Å²) in [7, 11) is 0. The molecule has 0 radical (unpaired) electrons. The van der Waals surface area contributed by atoms with E-state index in [1.165, 1.54) is 12.4 Å². The topological polar surface area (TPSA) is 113 Å². The average molecular weight is 452 g/mol. The lowest BCUT2D eigenvalue weighted by Gasteiger charge is -2.08. The summed E-state index contributed by atoms with van der Waals surface area (Å²) < 4.78 is 38.9. The molecule has 5 rings (SSSR count). The number of nitrogens with zero attached hydrogens (tertiary/aromatic N) is 5. The minimum atomic E-state index is -4.37. The van der Waals surface area contributed by atoms with E-state index in [4.69, 9.17) is 0 Å². The van der Waals surface area contributed by atoms with Crippen LogP contribution in [0.5, 0.6) is 0 Å². The molecule has 1 amide bonds. The normalized spacial score (nSPS) is 11.7. The summed E-state index contributed by atoms with van der Waals surface area (Å²) in [5.41, 5.74) is 3.37.